The van der Waals surface area contributed by atoms with Gasteiger partial charge >= 0.3 is 0 Å². The molecular formula is C20H22N2O4. The van der Waals surface area contributed by atoms with Crippen LogP contribution in [0.5, 0.6) is 5.75 Å². The maximum atomic E-state index is 12.2. The van der Waals surface area contributed by atoms with E-state index in [1.165, 1.54) is 7.05 Å². The number of carbonyl (C=O) groups excluding carboxylic acids is 1. The number of likely N-dealkylation sites (N-methyl/N-ethyl adjacent to an activating group) is 1. The van der Waals surface area contributed by atoms with Crippen LogP contribution in [-0.4, -0.2) is 36.0 Å². The van der Waals surface area contributed by atoms with Gasteiger partial charge in [-0.2, -0.15) is 0 Å². The summed E-state index contributed by atoms with van der Waals surface area (Å²) < 4.78 is 5.07. The molecule has 0 saturated carbocycles. The molecule has 1 amide bonds. The number of amides is 1. The predicted molar refractivity (Wildman–Crippen MR) is 99.6 cm³/mol. The number of aliphatic hydroxyl groups is 2. The van der Waals surface area contributed by atoms with Crippen molar-refractivity contribution in [2.24, 2.45) is 0 Å². The lowest BCUT2D eigenvalue weighted by atomic mass is 9.97. The molecule has 0 fully saturated rings. The van der Waals surface area contributed by atoms with E-state index < -0.39 is 12.0 Å². The Hall–Kier alpha value is -3.12. The van der Waals surface area contributed by atoms with Crippen LogP contribution in [0.3, 0.4) is 0 Å². The highest BCUT2D eigenvalue weighted by Gasteiger charge is 2.22. The van der Waals surface area contributed by atoms with Gasteiger partial charge in [0.15, 0.2) is 0 Å². The standard InChI is InChI=1S/C20H22N2O4/c1-22-20(25)18(19(21)14-6-4-3-5-7-14)17(24)12-16(23)13-8-10-15(26-2)11-9-13/h3-11,16,21,23-24H,12H2,1-2H3,(H,22,25). The van der Waals surface area contributed by atoms with E-state index >= 15 is 0 Å². The third kappa shape index (κ3) is 4.49. The summed E-state index contributed by atoms with van der Waals surface area (Å²) in [6.45, 7) is 0. The Bertz CT molecular complexity index is 798. The highest BCUT2D eigenvalue weighted by Crippen LogP contribution is 2.25. The number of nitrogens with one attached hydrogen (secondary N) is 2. The van der Waals surface area contributed by atoms with Gasteiger partial charge in [0.25, 0.3) is 5.91 Å². The molecule has 2 aromatic rings. The molecule has 1 atom stereocenters. The molecule has 0 radical (unpaired) electrons. The lowest BCUT2D eigenvalue weighted by Crippen LogP contribution is -2.27. The molecule has 0 spiro atoms. The zero-order valence-corrected chi connectivity index (χ0v) is 14.7. The van der Waals surface area contributed by atoms with E-state index in [4.69, 9.17) is 10.1 Å². The molecule has 6 heteroatoms. The SMILES string of the molecule is CNC(=O)C(C(=N)c1ccccc1)=C(O)CC(O)c1ccc(OC)cc1. The van der Waals surface area contributed by atoms with Crippen molar-refractivity contribution in [1.82, 2.24) is 5.32 Å². The molecule has 0 aliphatic rings. The second kappa shape index (κ2) is 8.82. The van der Waals surface area contributed by atoms with Crippen molar-refractivity contribution in [1.29, 1.82) is 5.41 Å². The average molecular weight is 354 g/mol. The molecule has 4 N–H and O–H groups in total. The monoisotopic (exact) mass is 354 g/mol. The number of rotatable bonds is 7. The van der Waals surface area contributed by atoms with Crippen molar-refractivity contribution in [2.45, 2.75) is 12.5 Å². The van der Waals surface area contributed by atoms with Crippen molar-refractivity contribution >= 4 is 11.6 Å². The third-order valence-corrected chi connectivity index (χ3v) is 3.94. The first kappa shape index (κ1) is 19.2. The summed E-state index contributed by atoms with van der Waals surface area (Å²) in [5.41, 5.74) is 0.798. The summed E-state index contributed by atoms with van der Waals surface area (Å²) in [6, 6.07) is 15.4. The Labute approximate surface area is 152 Å². The summed E-state index contributed by atoms with van der Waals surface area (Å²) in [7, 11) is 2.97. The minimum absolute atomic E-state index is 0.107. The van der Waals surface area contributed by atoms with E-state index in [9.17, 15) is 15.0 Å². The fourth-order valence-corrected chi connectivity index (χ4v) is 2.49. The number of ether oxygens (including phenoxy) is 1. The zero-order chi connectivity index (χ0) is 19.1. The molecule has 6 nitrogen and oxygen atoms in total. The minimum Gasteiger partial charge on any atom is -0.511 e. The number of aliphatic hydroxyl groups excluding tert-OH is 2. The first-order valence-electron chi connectivity index (χ1n) is 8.08. The Morgan fingerprint density at radius 1 is 1.15 bits per heavy atom. The number of benzene rings is 2. The van der Waals surface area contributed by atoms with Crippen molar-refractivity contribution in [3.8, 4) is 5.75 Å². The molecule has 0 aliphatic heterocycles. The van der Waals surface area contributed by atoms with Gasteiger partial charge in [0, 0.05) is 19.0 Å². The van der Waals surface area contributed by atoms with Gasteiger partial charge in [0.2, 0.25) is 0 Å². The first-order valence-corrected chi connectivity index (χ1v) is 8.08. The smallest absolute Gasteiger partial charge is 0.256 e. The van der Waals surface area contributed by atoms with Gasteiger partial charge in [-0.3, -0.25) is 10.2 Å². The lowest BCUT2D eigenvalue weighted by Gasteiger charge is -2.15. The Morgan fingerprint density at radius 2 is 1.77 bits per heavy atom. The van der Waals surface area contributed by atoms with Crippen LogP contribution >= 0.6 is 0 Å². The quantitative estimate of drug-likeness (QED) is 0.349. The van der Waals surface area contributed by atoms with E-state index in [1.807, 2.05) is 0 Å². The molecule has 0 aromatic heterocycles. The first-order chi connectivity index (χ1) is 12.5. The summed E-state index contributed by atoms with van der Waals surface area (Å²) >= 11 is 0. The van der Waals surface area contributed by atoms with Gasteiger partial charge in [-0.15, -0.1) is 0 Å². The van der Waals surface area contributed by atoms with Gasteiger partial charge in [0.05, 0.1) is 18.9 Å². The number of carbonyl (C=O) groups is 1. The normalized spacial score (nSPS) is 12.7. The summed E-state index contributed by atoms with van der Waals surface area (Å²) in [5, 5.41) is 31.5. The van der Waals surface area contributed by atoms with Crippen LogP contribution < -0.4 is 10.1 Å². The highest BCUT2D eigenvalue weighted by molar-refractivity contribution is 6.27. The zero-order valence-electron chi connectivity index (χ0n) is 14.7. The maximum absolute atomic E-state index is 12.2. The second-order valence-electron chi connectivity index (χ2n) is 5.63. The minimum atomic E-state index is -1.02. The van der Waals surface area contributed by atoms with Crippen molar-refractivity contribution in [2.75, 3.05) is 14.2 Å². The van der Waals surface area contributed by atoms with E-state index in [2.05, 4.69) is 5.32 Å². The van der Waals surface area contributed by atoms with Crippen LogP contribution in [0.4, 0.5) is 0 Å². The average Bonchev–Trinajstić information content (AvgIpc) is 2.68. The van der Waals surface area contributed by atoms with Crippen LogP contribution in [0.25, 0.3) is 0 Å². The van der Waals surface area contributed by atoms with Crippen LogP contribution in [0.2, 0.25) is 0 Å². The van der Waals surface area contributed by atoms with Gasteiger partial charge in [-0.05, 0) is 17.7 Å². The third-order valence-electron chi connectivity index (χ3n) is 3.94. The molecule has 26 heavy (non-hydrogen) atoms. The Kier molecular flexibility index (Phi) is 6.52. The largest absolute Gasteiger partial charge is 0.511 e. The maximum Gasteiger partial charge on any atom is 0.256 e. The van der Waals surface area contributed by atoms with E-state index in [0.29, 0.717) is 16.9 Å². The van der Waals surface area contributed by atoms with Crippen molar-refractivity contribution in [3.05, 3.63) is 77.1 Å². The van der Waals surface area contributed by atoms with Gasteiger partial charge in [-0.1, -0.05) is 42.5 Å². The molecule has 0 bridgehead atoms. The van der Waals surface area contributed by atoms with Crippen LogP contribution in [0, 0.1) is 5.41 Å². The Balaban J connectivity index is 2.30. The van der Waals surface area contributed by atoms with Crippen LogP contribution in [0.1, 0.15) is 23.7 Å². The number of methoxy groups -OCH3 is 1. The number of hydrogen-bond donors (Lipinski definition) is 4. The molecule has 2 aromatic carbocycles. The fraction of sp³-hybridized carbons (Fsp3) is 0.200. The fourth-order valence-electron chi connectivity index (χ4n) is 2.49. The molecule has 0 aliphatic carbocycles. The predicted octanol–water partition coefficient (Wildman–Crippen LogP) is 2.74. The van der Waals surface area contributed by atoms with Crippen LogP contribution in [-0.2, 0) is 4.79 Å². The second-order valence-corrected chi connectivity index (χ2v) is 5.63. The van der Waals surface area contributed by atoms with E-state index in [0.717, 1.165) is 0 Å². The van der Waals surface area contributed by atoms with E-state index in [-0.39, 0.29) is 23.5 Å². The summed E-state index contributed by atoms with van der Waals surface area (Å²) in [6.07, 6.45) is -1.21. The summed E-state index contributed by atoms with van der Waals surface area (Å²) in [4.78, 5) is 12.2. The van der Waals surface area contributed by atoms with Crippen molar-refractivity contribution < 1.29 is 19.7 Å². The van der Waals surface area contributed by atoms with E-state index in [1.54, 1.807) is 61.7 Å². The molecular weight excluding hydrogens is 332 g/mol. The molecule has 136 valence electrons. The molecule has 0 heterocycles. The summed E-state index contributed by atoms with van der Waals surface area (Å²) in [5.74, 6) is -0.280. The van der Waals surface area contributed by atoms with Gasteiger partial charge in [-0.25, -0.2) is 0 Å². The molecule has 1 unspecified atom stereocenters. The highest BCUT2D eigenvalue weighted by atomic mass is 16.5. The van der Waals surface area contributed by atoms with Crippen molar-refractivity contribution in [3.63, 3.8) is 0 Å². The molecule has 0 saturated heterocycles. The van der Waals surface area contributed by atoms with Crippen LogP contribution in [0.15, 0.2) is 65.9 Å². The Morgan fingerprint density at radius 3 is 2.31 bits per heavy atom. The topological polar surface area (TPSA) is 103 Å². The molecule has 2 rings (SSSR count). The van der Waals surface area contributed by atoms with Gasteiger partial charge in [0.1, 0.15) is 17.1 Å². The lowest BCUT2D eigenvalue weighted by molar-refractivity contribution is -0.116. The number of hydrogen-bond acceptors (Lipinski definition) is 5. The van der Waals surface area contributed by atoms with Gasteiger partial charge < -0.3 is 20.3 Å².